The zero-order valence-corrected chi connectivity index (χ0v) is 12.6. The number of nitriles is 1. The Hall–Kier alpha value is -2.94. The topological polar surface area (TPSA) is 106 Å². The summed E-state index contributed by atoms with van der Waals surface area (Å²) in [6.45, 7) is 0. The van der Waals surface area contributed by atoms with Gasteiger partial charge in [0.1, 0.15) is 17.5 Å². The van der Waals surface area contributed by atoms with Gasteiger partial charge in [-0.3, -0.25) is 10.1 Å². The maximum atomic E-state index is 10.8. The zero-order valence-electron chi connectivity index (χ0n) is 12.6. The smallest absolute Gasteiger partial charge is 0.269 e. The van der Waals surface area contributed by atoms with Gasteiger partial charge >= 0.3 is 0 Å². The lowest BCUT2D eigenvalue weighted by molar-refractivity contribution is -0.384. The van der Waals surface area contributed by atoms with Gasteiger partial charge in [0.2, 0.25) is 0 Å². The first kappa shape index (κ1) is 15.0. The second kappa shape index (κ2) is 6.05. The van der Waals surface area contributed by atoms with Crippen molar-refractivity contribution >= 4 is 11.5 Å². The number of nitrogens with zero attached hydrogens (tertiary/aromatic N) is 3. The van der Waals surface area contributed by atoms with Gasteiger partial charge < -0.3 is 5.73 Å². The molecule has 1 aliphatic rings. The lowest BCUT2D eigenvalue weighted by atomic mass is 9.91. The fraction of sp³-hybridized carbons (Fsp3) is 0.294. The van der Waals surface area contributed by atoms with Crippen LogP contribution in [-0.2, 0) is 12.8 Å². The molecule has 2 aromatic rings. The molecule has 0 aliphatic heterocycles. The molecule has 0 atom stereocenters. The third-order valence-electron chi connectivity index (χ3n) is 4.23. The van der Waals surface area contributed by atoms with E-state index in [1.807, 2.05) is 0 Å². The molecule has 1 heterocycles. The third-order valence-corrected chi connectivity index (χ3v) is 4.23. The van der Waals surface area contributed by atoms with Crippen molar-refractivity contribution in [2.75, 3.05) is 5.73 Å². The van der Waals surface area contributed by atoms with Crippen LogP contribution in [0.15, 0.2) is 24.3 Å². The molecule has 0 amide bonds. The van der Waals surface area contributed by atoms with E-state index < -0.39 is 4.92 Å². The molecule has 1 aliphatic carbocycles. The molecule has 0 saturated heterocycles. The average Bonchev–Trinajstić information content (AvgIpc) is 2.78. The Kier molecular flexibility index (Phi) is 3.94. The Morgan fingerprint density at radius 1 is 1.17 bits per heavy atom. The molecule has 1 aromatic heterocycles. The summed E-state index contributed by atoms with van der Waals surface area (Å²) in [6, 6.07) is 8.42. The van der Waals surface area contributed by atoms with Crippen LogP contribution in [-0.4, -0.2) is 9.91 Å². The summed E-state index contributed by atoms with van der Waals surface area (Å²) in [6.07, 6.45) is 4.93. The molecule has 0 saturated carbocycles. The molecule has 0 unspecified atom stereocenters. The summed E-state index contributed by atoms with van der Waals surface area (Å²) in [5.74, 6) is 0.238. The molecule has 23 heavy (non-hydrogen) atoms. The number of rotatable bonds is 2. The highest BCUT2D eigenvalue weighted by Crippen LogP contribution is 2.35. The maximum absolute atomic E-state index is 10.8. The first-order valence-electron chi connectivity index (χ1n) is 7.58. The van der Waals surface area contributed by atoms with Crippen LogP contribution >= 0.6 is 0 Å². The molecule has 1 aromatic carbocycles. The largest absolute Gasteiger partial charge is 0.383 e. The SMILES string of the molecule is N#Cc1c(N)nc2c(c1-c1ccc([N+](=O)[O-])cc1)CCCCC2. The Bertz CT molecular complexity index is 807. The van der Waals surface area contributed by atoms with E-state index in [0.29, 0.717) is 5.56 Å². The van der Waals surface area contributed by atoms with Crippen LogP contribution in [0.1, 0.15) is 36.1 Å². The third kappa shape index (κ3) is 2.73. The van der Waals surface area contributed by atoms with Crippen molar-refractivity contribution in [1.82, 2.24) is 4.98 Å². The van der Waals surface area contributed by atoms with E-state index in [4.69, 9.17) is 5.73 Å². The number of nitrogens with two attached hydrogens (primary N) is 1. The van der Waals surface area contributed by atoms with Gasteiger partial charge in [0.05, 0.1) is 4.92 Å². The Morgan fingerprint density at radius 2 is 1.87 bits per heavy atom. The molecule has 0 fully saturated rings. The van der Waals surface area contributed by atoms with Crippen LogP contribution in [0.3, 0.4) is 0 Å². The Labute approximate surface area is 133 Å². The van der Waals surface area contributed by atoms with Gasteiger partial charge in [0, 0.05) is 23.4 Å². The lowest BCUT2D eigenvalue weighted by Crippen LogP contribution is -2.07. The number of fused-ring (bicyclic) bond motifs is 1. The summed E-state index contributed by atoms with van der Waals surface area (Å²) >= 11 is 0. The number of pyridine rings is 1. The van der Waals surface area contributed by atoms with Crippen molar-refractivity contribution in [3.63, 3.8) is 0 Å². The zero-order chi connectivity index (χ0) is 16.4. The Balaban J connectivity index is 2.22. The summed E-state index contributed by atoms with van der Waals surface area (Å²) in [7, 11) is 0. The Morgan fingerprint density at radius 3 is 2.52 bits per heavy atom. The highest BCUT2D eigenvalue weighted by atomic mass is 16.6. The highest BCUT2D eigenvalue weighted by Gasteiger charge is 2.21. The minimum Gasteiger partial charge on any atom is -0.383 e. The molecule has 0 spiro atoms. The van der Waals surface area contributed by atoms with Gasteiger partial charge in [0.25, 0.3) is 5.69 Å². The van der Waals surface area contributed by atoms with Gasteiger partial charge in [-0.15, -0.1) is 0 Å². The van der Waals surface area contributed by atoms with Gasteiger partial charge in [-0.25, -0.2) is 4.98 Å². The van der Waals surface area contributed by atoms with Crippen molar-refractivity contribution < 1.29 is 4.92 Å². The second-order valence-corrected chi connectivity index (χ2v) is 5.65. The first-order chi connectivity index (χ1) is 11.1. The molecule has 116 valence electrons. The second-order valence-electron chi connectivity index (χ2n) is 5.65. The quantitative estimate of drug-likeness (QED) is 0.520. The first-order valence-corrected chi connectivity index (χ1v) is 7.58. The predicted octanol–water partition coefficient (Wildman–Crippen LogP) is 3.38. The number of benzene rings is 1. The van der Waals surface area contributed by atoms with Crippen LogP contribution in [0.5, 0.6) is 0 Å². The average molecular weight is 308 g/mol. The van der Waals surface area contributed by atoms with Gasteiger partial charge in [-0.1, -0.05) is 6.42 Å². The number of nitro groups is 1. The van der Waals surface area contributed by atoms with Gasteiger partial charge in [0.15, 0.2) is 0 Å². The van der Waals surface area contributed by atoms with Crippen LogP contribution in [0.25, 0.3) is 11.1 Å². The predicted molar refractivity (Wildman–Crippen MR) is 86.7 cm³/mol. The van der Waals surface area contributed by atoms with Crippen molar-refractivity contribution in [2.45, 2.75) is 32.1 Å². The number of nitro benzene ring substituents is 1. The van der Waals surface area contributed by atoms with Crippen LogP contribution in [0, 0.1) is 21.4 Å². The summed E-state index contributed by atoms with van der Waals surface area (Å²) in [4.78, 5) is 14.8. The maximum Gasteiger partial charge on any atom is 0.269 e. The van der Waals surface area contributed by atoms with Crippen LogP contribution in [0.4, 0.5) is 11.5 Å². The van der Waals surface area contributed by atoms with Gasteiger partial charge in [-0.2, -0.15) is 5.26 Å². The fourth-order valence-electron chi connectivity index (χ4n) is 3.12. The molecular weight excluding hydrogens is 292 g/mol. The van der Waals surface area contributed by atoms with Crippen molar-refractivity contribution in [2.24, 2.45) is 0 Å². The van der Waals surface area contributed by atoms with E-state index in [9.17, 15) is 15.4 Å². The summed E-state index contributed by atoms with van der Waals surface area (Å²) in [5, 5.41) is 20.3. The fourth-order valence-corrected chi connectivity index (χ4v) is 3.12. The molecule has 6 heteroatoms. The van der Waals surface area contributed by atoms with Crippen LogP contribution in [0.2, 0.25) is 0 Å². The number of nitrogen functional groups attached to an aromatic ring is 1. The van der Waals surface area contributed by atoms with Crippen LogP contribution < -0.4 is 5.73 Å². The van der Waals surface area contributed by atoms with E-state index in [1.54, 1.807) is 12.1 Å². The number of anilines is 1. The molecule has 0 bridgehead atoms. The van der Waals surface area contributed by atoms with E-state index in [2.05, 4.69) is 11.1 Å². The minimum absolute atomic E-state index is 0.0281. The normalized spacial score (nSPS) is 13.7. The summed E-state index contributed by atoms with van der Waals surface area (Å²) in [5.41, 5.74) is 9.94. The minimum atomic E-state index is -0.434. The summed E-state index contributed by atoms with van der Waals surface area (Å²) < 4.78 is 0. The van der Waals surface area contributed by atoms with Crippen molar-refractivity contribution in [1.29, 1.82) is 5.26 Å². The molecule has 6 nitrogen and oxygen atoms in total. The van der Waals surface area contributed by atoms with Crippen molar-refractivity contribution in [3.05, 3.63) is 51.2 Å². The number of non-ortho nitro benzene ring substituents is 1. The number of hydrogen-bond donors (Lipinski definition) is 1. The van der Waals surface area contributed by atoms with Crippen molar-refractivity contribution in [3.8, 4) is 17.2 Å². The highest BCUT2D eigenvalue weighted by molar-refractivity contribution is 5.79. The number of hydrogen-bond acceptors (Lipinski definition) is 5. The lowest BCUT2D eigenvalue weighted by Gasteiger charge is -2.15. The van der Waals surface area contributed by atoms with E-state index in [-0.39, 0.29) is 11.5 Å². The van der Waals surface area contributed by atoms with E-state index in [0.717, 1.165) is 54.5 Å². The van der Waals surface area contributed by atoms with E-state index >= 15 is 0 Å². The molecule has 0 radical (unpaired) electrons. The monoisotopic (exact) mass is 308 g/mol. The molecule has 2 N–H and O–H groups in total. The molecule has 3 rings (SSSR count). The number of aryl methyl sites for hydroxylation is 1. The van der Waals surface area contributed by atoms with Gasteiger partial charge in [-0.05, 0) is 48.9 Å². The van der Waals surface area contributed by atoms with E-state index in [1.165, 1.54) is 12.1 Å². The standard InChI is InChI=1S/C17H16N4O2/c18-10-14-16(11-6-8-12(9-7-11)21(22)23)13-4-2-1-3-5-15(13)20-17(14)19/h6-9H,1-5H2,(H2,19,20). The number of aromatic nitrogens is 1. The molecular formula is C17H16N4O2.